The first-order valence-corrected chi connectivity index (χ1v) is 4.87. The van der Waals surface area contributed by atoms with Crippen molar-refractivity contribution >= 4 is 35.1 Å². The Kier molecular flexibility index (Phi) is 3.88. The fraction of sp³-hybridized carbons (Fsp3) is 0.111. The van der Waals surface area contributed by atoms with E-state index in [1.165, 1.54) is 12.3 Å². The van der Waals surface area contributed by atoms with Crippen LogP contribution in [-0.4, -0.2) is 16.4 Å². The molecule has 0 aromatic heterocycles. The van der Waals surface area contributed by atoms with Gasteiger partial charge in [0, 0.05) is 10.6 Å². The standard InChI is InChI=1S/C9H10ClN3OS/c1-5-2-6(4-12-13-9(11)15)8(14)3-7(5)10/h2-4,14H,1H3,(H3,11,13,15). The molecule has 0 aliphatic carbocycles. The molecule has 1 rings (SSSR count). The Balaban J connectivity index is 2.90. The number of aromatic hydroxyl groups is 1. The number of benzene rings is 1. The van der Waals surface area contributed by atoms with Gasteiger partial charge in [0.1, 0.15) is 5.75 Å². The molecule has 0 bridgehead atoms. The van der Waals surface area contributed by atoms with Crippen LogP contribution in [0.15, 0.2) is 17.2 Å². The minimum atomic E-state index is 0.0547. The molecule has 6 heteroatoms. The first-order chi connectivity index (χ1) is 7.00. The lowest BCUT2D eigenvalue weighted by Crippen LogP contribution is -2.24. The average Bonchev–Trinajstić information content (AvgIpc) is 2.13. The topological polar surface area (TPSA) is 70.6 Å². The number of phenolic OH excluding ortho intramolecular Hbond substituents is 1. The molecular formula is C9H10ClN3OS. The predicted molar refractivity (Wildman–Crippen MR) is 65.4 cm³/mol. The van der Waals surface area contributed by atoms with E-state index in [0.717, 1.165) is 5.56 Å². The number of nitrogens with one attached hydrogen (secondary N) is 1. The molecule has 0 atom stereocenters. The summed E-state index contributed by atoms with van der Waals surface area (Å²) in [6.45, 7) is 1.83. The Bertz CT molecular complexity index is 420. The van der Waals surface area contributed by atoms with Crippen LogP contribution in [0.5, 0.6) is 5.75 Å². The van der Waals surface area contributed by atoms with Gasteiger partial charge in [-0.2, -0.15) is 5.10 Å². The third-order valence-electron chi connectivity index (χ3n) is 1.69. The second kappa shape index (κ2) is 4.95. The molecule has 0 aliphatic heterocycles. The molecule has 0 aliphatic rings. The SMILES string of the molecule is Cc1cc(C=NNC(N)=S)c(O)cc1Cl. The van der Waals surface area contributed by atoms with Gasteiger partial charge >= 0.3 is 0 Å². The van der Waals surface area contributed by atoms with Crippen molar-refractivity contribution in [3.05, 3.63) is 28.3 Å². The van der Waals surface area contributed by atoms with Crippen molar-refractivity contribution in [3.8, 4) is 5.75 Å². The summed E-state index contributed by atoms with van der Waals surface area (Å²) < 4.78 is 0. The van der Waals surface area contributed by atoms with Crippen LogP contribution in [0.3, 0.4) is 0 Å². The van der Waals surface area contributed by atoms with E-state index in [4.69, 9.17) is 17.3 Å². The molecule has 4 nitrogen and oxygen atoms in total. The molecule has 0 radical (unpaired) electrons. The molecule has 0 fully saturated rings. The van der Waals surface area contributed by atoms with Crippen LogP contribution in [0.2, 0.25) is 5.02 Å². The van der Waals surface area contributed by atoms with Crippen LogP contribution in [0, 0.1) is 6.92 Å². The highest BCUT2D eigenvalue weighted by atomic mass is 35.5. The molecule has 0 heterocycles. The smallest absolute Gasteiger partial charge is 0.184 e. The maximum Gasteiger partial charge on any atom is 0.184 e. The second-order valence-corrected chi connectivity index (χ2v) is 3.74. The monoisotopic (exact) mass is 243 g/mol. The highest BCUT2D eigenvalue weighted by Crippen LogP contribution is 2.24. The maximum absolute atomic E-state index is 9.51. The van der Waals surface area contributed by atoms with Crippen LogP contribution in [0.25, 0.3) is 0 Å². The third-order valence-corrected chi connectivity index (χ3v) is 2.18. The van der Waals surface area contributed by atoms with E-state index >= 15 is 0 Å². The fourth-order valence-electron chi connectivity index (χ4n) is 0.962. The maximum atomic E-state index is 9.51. The van der Waals surface area contributed by atoms with Gasteiger partial charge in [-0.3, -0.25) is 5.43 Å². The average molecular weight is 244 g/mol. The van der Waals surface area contributed by atoms with Crippen molar-refractivity contribution in [3.63, 3.8) is 0 Å². The summed E-state index contributed by atoms with van der Waals surface area (Å²) in [6.07, 6.45) is 1.41. The molecule has 0 saturated carbocycles. The number of nitrogens with two attached hydrogens (primary N) is 1. The first-order valence-electron chi connectivity index (χ1n) is 4.08. The van der Waals surface area contributed by atoms with Gasteiger partial charge in [-0.05, 0) is 36.8 Å². The largest absolute Gasteiger partial charge is 0.507 e. The van der Waals surface area contributed by atoms with E-state index in [2.05, 4.69) is 22.7 Å². The molecule has 1 aromatic rings. The number of phenols is 1. The Morgan fingerprint density at radius 3 is 2.93 bits per heavy atom. The summed E-state index contributed by atoms with van der Waals surface area (Å²) in [7, 11) is 0. The van der Waals surface area contributed by atoms with E-state index in [0.29, 0.717) is 10.6 Å². The summed E-state index contributed by atoms with van der Waals surface area (Å²) in [4.78, 5) is 0. The number of rotatable bonds is 2. The third kappa shape index (κ3) is 3.38. The molecule has 4 N–H and O–H groups in total. The van der Waals surface area contributed by atoms with Gasteiger partial charge < -0.3 is 10.8 Å². The minimum Gasteiger partial charge on any atom is -0.507 e. The summed E-state index contributed by atoms with van der Waals surface area (Å²) in [5.74, 6) is 0.0547. The number of hydrazone groups is 1. The van der Waals surface area contributed by atoms with Gasteiger partial charge in [0.05, 0.1) is 6.21 Å². The van der Waals surface area contributed by atoms with Crippen LogP contribution in [0.4, 0.5) is 0 Å². The van der Waals surface area contributed by atoms with E-state index in [1.54, 1.807) is 6.07 Å². The zero-order chi connectivity index (χ0) is 11.4. The predicted octanol–water partition coefficient (Wildman–Crippen LogP) is 1.52. The lowest BCUT2D eigenvalue weighted by molar-refractivity contribution is 0.474. The van der Waals surface area contributed by atoms with Crippen molar-refractivity contribution in [1.82, 2.24) is 5.43 Å². The Labute approximate surface area is 97.7 Å². The van der Waals surface area contributed by atoms with Crippen LogP contribution in [-0.2, 0) is 0 Å². The number of thiocarbonyl (C=S) groups is 1. The van der Waals surface area contributed by atoms with Crippen molar-refractivity contribution < 1.29 is 5.11 Å². The number of aryl methyl sites for hydroxylation is 1. The lowest BCUT2D eigenvalue weighted by Gasteiger charge is -2.02. The van der Waals surface area contributed by atoms with Crippen LogP contribution >= 0.6 is 23.8 Å². The molecule has 0 saturated heterocycles. The number of hydrogen-bond acceptors (Lipinski definition) is 3. The highest BCUT2D eigenvalue weighted by Gasteiger charge is 2.02. The van der Waals surface area contributed by atoms with Crippen molar-refractivity contribution in [1.29, 1.82) is 0 Å². The van der Waals surface area contributed by atoms with E-state index in [-0.39, 0.29) is 10.9 Å². The molecule has 80 valence electrons. The van der Waals surface area contributed by atoms with Crippen LogP contribution < -0.4 is 11.2 Å². The molecule has 0 amide bonds. The van der Waals surface area contributed by atoms with Gasteiger partial charge in [0.2, 0.25) is 0 Å². The van der Waals surface area contributed by atoms with Crippen molar-refractivity contribution in [2.45, 2.75) is 6.92 Å². The molecule has 0 spiro atoms. The van der Waals surface area contributed by atoms with E-state index in [1.807, 2.05) is 6.92 Å². The minimum absolute atomic E-state index is 0.0547. The summed E-state index contributed by atoms with van der Waals surface area (Å²) in [6, 6.07) is 3.17. The number of hydrogen-bond donors (Lipinski definition) is 3. The zero-order valence-electron chi connectivity index (χ0n) is 7.99. The van der Waals surface area contributed by atoms with Crippen molar-refractivity contribution in [2.24, 2.45) is 10.8 Å². The Morgan fingerprint density at radius 2 is 2.33 bits per heavy atom. The van der Waals surface area contributed by atoms with E-state index < -0.39 is 0 Å². The first kappa shape index (κ1) is 11.7. The Morgan fingerprint density at radius 1 is 1.67 bits per heavy atom. The molecular weight excluding hydrogens is 234 g/mol. The van der Waals surface area contributed by atoms with Gasteiger partial charge in [-0.15, -0.1) is 0 Å². The van der Waals surface area contributed by atoms with Gasteiger partial charge in [0.15, 0.2) is 5.11 Å². The molecule has 0 unspecified atom stereocenters. The van der Waals surface area contributed by atoms with Crippen molar-refractivity contribution in [2.75, 3.05) is 0 Å². The van der Waals surface area contributed by atoms with Crippen LogP contribution in [0.1, 0.15) is 11.1 Å². The summed E-state index contributed by atoms with van der Waals surface area (Å²) >= 11 is 10.4. The normalized spacial score (nSPS) is 10.5. The van der Waals surface area contributed by atoms with E-state index in [9.17, 15) is 5.11 Å². The number of nitrogens with zero attached hydrogens (tertiary/aromatic N) is 1. The highest BCUT2D eigenvalue weighted by molar-refractivity contribution is 7.80. The van der Waals surface area contributed by atoms with Gasteiger partial charge in [0.25, 0.3) is 0 Å². The summed E-state index contributed by atoms with van der Waals surface area (Å²) in [5, 5.41) is 13.8. The Hall–Kier alpha value is -1.33. The molecule has 15 heavy (non-hydrogen) atoms. The van der Waals surface area contributed by atoms with Gasteiger partial charge in [-0.25, -0.2) is 0 Å². The zero-order valence-corrected chi connectivity index (χ0v) is 9.56. The van der Waals surface area contributed by atoms with Gasteiger partial charge in [-0.1, -0.05) is 11.6 Å². The molecule has 1 aromatic carbocycles. The second-order valence-electron chi connectivity index (χ2n) is 2.89. The number of halogens is 1. The summed E-state index contributed by atoms with van der Waals surface area (Å²) in [5.41, 5.74) is 8.96. The fourth-order valence-corrected chi connectivity index (χ4v) is 1.17. The lowest BCUT2D eigenvalue weighted by atomic mass is 10.1. The quantitative estimate of drug-likeness (QED) is 0.419.